The van der Waals surface area contributed by atoms with Gasteiger partial charge >= 0.3 is 11.4 Å². The summed E-state index contributed by atoms with van der Waals surface area (Å²) in [6.45, 7) is 9.09. The molecule has 52 heavy (non-hydrogen) atoms. The summed E-state index contributed by atoms with van der Waals surface area (Å²) in [4.78, 5) is 55.6. The molecule has 16 nitrogen and oxygen atoms in total. The fourth-order valence-corrected chi connectivity index (χ4v) is 5.79. The predicted molar refractivity (Wildman–Crippen MR) is 185 cm³/mol. The molecule has 2 aliphatic heterocycles. The fraction of sp³-hybridized carbons (Fsp3) is 0.588. The number of aliphatic hydroxyl groups is 2. The smallest absolute Gasteiger partial charge is 0.351 e. The van der Waals surface area contributed by atoms with Crippen molar-refractivity contribution in [3.05, 3.63) is 70.8 Å². The van der Waals surface area contributed by atoms with E-state index in [1.165, 1.54) is 45.7 Å². The van der Waals surface area contributed by atoms with Gasteiger partial charge in [-0.05, 0) is 51.7 Å². The molecule has 8 atom stereocenters. The van der Waals surface area contributed by atoms with Gasteiger partial charge in [0, 0.05) is 39.5 Å². The van der Waals surface area contributed by atoms with Gasteiger partial charge in [-0.25, -0.2) is 18.4 Å². The lowest BCUT2D eigenvalue weighted by Gasteiger charge is -2.26. The Balaban J connectivity index is 0.000000281. The van der Waals surface area contributed by atoms with Crippen LogP contribution in [0.1, 0.15) is 64.8 Å². The summed E-state index contributed by atoms with van der Waals surface area (Å²) in [6, 6.07) is 2.77. The average molecular weight is 739 g/mol. The second-order valence-corrected chi connectivity index (χ2v) is 12.6. The molecule has 2 aliphatic rings. The number of aliphatic hydroxyl groups excluding tert-OH is 2. The van der Waals surface area contributed by atoms with E-state index >= 15 is 4.39 Å². The largest absolute Gasteiger partial charge is 0.394 e. The van der Waals surface area contributed by atoms with E-state index in [1.54, 1.807) is 12.2 Å². The number of methoxy groups -OCH3 is 2. The fourth-order valence-electron chi connectivity index (χ4n) is 5.79. The van der Waals surface area contributed by atoms with Crippen LogP contribution in [0.5, 0.6) is 0 Å². The second-order valence-electron chi connectivity index (χ2n) is 12.6. The zero-order valence-electron chi connectivity index (χ0n) is 29.7. The third-order valence-electron chi connectivity index (χ3n) is 8.49. The topological polar surface area (TPSA) is 205 Å². The van der Waals surface area contributed by atoms with Crippen LogP contribution >= 0.6 is 0 Å². The van der Waals surface area contributed by atoms with Crippen LogP contribution in [-0.2, 0) is 28.5 Å². The molecule has 2 aromatic heterocycles. The maximum Gasteiger partial charge on any atom is 0.351 e. The van der Waals surface area contributed by atoms with E-state index in [9.17, 15) is 28.7 Å². The number of nitrogens with zero attached hydrogens (tertiary/aromatic N) is 4. The molecule has 0 aromatic carbocycles. The first-order valence-corrected chi connectivity index (χ1v) is 16.6. The average Bonchev–Trinajstić information content (AvgIpc) is 3.47. The highest BCUT2D eigenvalue weighted by molar-refractivity contribution is 5.90. The van der Waals surface area contributed by atoms with Gasteiger partial charge in [0.15, 0.2) is 23.8 Å². The number of nitrogens with one attached hydrogen (secondary N) is 2. The van der Waals surface area contributed by atoms with Crippen LogP contribution in [0.2, 0.25) is 0 Å². The van der Waals surface area contributed by atoms with E-state index in [1.807, 2.05) is 0 Å². The molecular formula is C34H48F2N6O10. The van der Waals surface area contributed by atoms with E-state index in [2.05, 4.69) is 33.8 Å². The van der Waals surface area contributed by atoms with Gasteiger partial charge in [0.25, 0.3) is 0 Å². The van der Waals surface area contributed by atoms with Gasteiger partial charge in [-0.3, -0.25) is 18.7 Å². The standard InChI is InChI=1S/C18H26FN3O5.C16H22FN3O5/c1-5-6-7-8-14(23)20-13-9-10-22(17(24)21-13)16-18(2,19)15(26-4)12(27-16)11-25-3;1-3-4-5-6-12(22)18-11-7-8-20(15(24)19-11)14-16(2,17)13(23)10(9-21)25-14/h5,9-10,12,15-16H,1,6-8,11H2,2-4H3,(H,20,21,23,24);3,7-8,10,13-14,21,23H,1,4-6,9H2,2H3,(H,18,19,22,24)/t12-,15?,16-,18+;10-,13?,14-,16+/m11/s1. The SMILES string of the molecule is C=CCCCC(=O)Nc1ccn([C@@H]2O[C@H](CO)C(O)[C@]2(C)F)c(=O)n1.C=CCCCC(=O)Nc1ccn([C@@H]2O[C@H](COC)C(OC)[C@]2(C)F)c(=O)n1. The number of hydrogen-bond donors (Lipinski definition) is 4. The molecule has 2 fully saturated rings. The Morgan fingerprint density at radius 3 is 1.75 bits per heavy atom. The number of carbonyl (C=O) groups excluding carboxylic acids is 2. The van der Waals surface area contributed by atoms with Crippen molar-refractivity contribution < 1.29 is 47.5 Å². The number of aromatic nitrogens is 4. The van der Waals surface area contributed by atoms with E-state index in [4.69, 9.17) is 24.1 Å². The highest BCUT2D eigenvalue weighted by atomic mass is 19.1. The number of unbranched alkanes of at least 4 members (excludes halogenated alkanes) is 2. The zero-order valence-corrected chi connectivity index (χ0v) is 29.7. The van der Waals surface area contributed by atoms with Crippen molar-refractivity contribution in [3.63, 3.8) is 0 Å². The first kappa shape index (κ1) is 42.2. The minimum atomic E-state index is -2.28. The number of carbonyl (C=O) groups is 2. The van der Waals surface area contributed by atoms with Crippen LogP contribution in [0.25, 0.3) is 0 Å². The third-order valence-corrected chi connectivity index (χ3v) is 8.49. The number of anilines is 2. The van der Waals surface area contributed by atoms with Gasteiger partial charge in [0.1, 0.15) is 36.1 Å². The maximum absolute atomic E-state index is 15.3. The third kappa shape index (κ3) is 10.2. The number of hydrogen-bond acceptors (Lipinski definition) is 12. The van der Waals surface area contributed by atoms with Crippen molar-refractivity contribution in [2.24, 2.45) is 0 Å². The number of rotatable bonds is 16. The maximum atomic E-state index is 15.3. The molecule has 2 unspecified atom stereocenters. The molecule has 4 heterocycles. The number of halogens is 2. The summed E-state index contributed by atoms with van der Waals surface area (Å²) in [5.74, 6) is -0.402. The van der Waals surface area contributed by atoms with Crippen LogP contribution in [0.3, 0.4) is 0 Å². The van der Waals surface area contributed by atoms with Gasteiger partial charge in [0.2, 0.25) is 11.8 Å². The molecule has 2 amide bonds. The molecule has 18 heteroatoms. The molecule has 4 rings (SSSR count). The highest BCUT2D eigenvalue weighted by Crippen LogP contribution is 2.42. The lowest BCUT2D eigenvalue weighted by molar-refractivity contribution is -0.117. The Kier molecular flexibility index (Phi) is 15.5. The molecule has 2 aromatic rings. The van der Waals surface area contributed by atoms with Crippen molar-refractivity contribution in [1.29, 1.82) is 0 Å². The molecule has 0 bridgehead atoms. The van der Waals surface area contributed by atoms with Crippen molar-refractivity contribution >= 4 is 23.5 Å². The first-order chi connectivity index (χ1) is 24.7. The lowest BCUT2D eigenvalue weighted by Crippen LogP contribution is -2.44. The molecular weight excluding hydrogens is 690 g/mol. The van der Waals surface area contributed by atoms with Crippen molar-refractivity contribution in [1.82, 2.24) is 19.1 Å². The van der Waals surface area contributed by atoms with E-state index in [0.29, 0.717) is 25.7 Å². The molecule has 0 radical (unpaired) electrons. The molecule has 0 saturated carbocycles. The van der Waals surface area contributed by atoms with Gasteiger partial charge in [-0.15, -0.1) is 13.2 Å². The van der Waals surface area contributed by atoms with Crippen LogP contribution in [-0.4, -0.2) is 104 Å². The van der Waals surface area contributed by atoms with Crippen molar-refractivity contribution in [3.8, 4) is 0 Å². The molecule has 288 valence electrons. The normalized spacial score (nSPS) is 28.1. The minimum Gasteiger partial charge on any atom is -0.394 e. The van der Waals surface area contributed by atoms with E-state index in [-0.39, 0.29) is 36.5 Å². The van der Waals surface area contributed by atoms with Crippen LogP contribution in [0.15, 0.2) is 59.4 Å². The Morgan fingerprint density at radius 2 is 1.37 bits per heavy atom. The van der Waals surface area contributed by atoms with Gasteiger partial charge in [-0.1, -0.05) is 12.2 Å². The van der Waals surface area contributed by atoms with Crippen molar-refractivity contribution in [2.75, 3.05) is 38.1 Å². The summed E-state index contributed by atoms with van der Waals surface area (Å²) in [6.07, 6.45) is 2.30. The summed E-state index contributed by atoms with van der Waals surface area (Å²) in [7, 11) is 2.85. The van der Waals surface area contributed by atoms with Crippen LogP contribution in [0.4, 0.5) is 20.4 Å². The Morgan fingerprint density at radius 1 is 0.904 bits per heavy atom. The number of alkyl halides is 2. The Labute approximate surface area is 299 Å². The van der Waals surface area contributed by atoms with E-state index < -0.39 is 66.2 Å². The number of ether oxygens (including phenoxy) is 4. The van der Waals surface area contributed by atoms with Crippen molar-refractivity contribution in [2.45, 2.75) is 101 Å². The van der Waals surface area contributed by atoms with Gasteiger partial charge < -0.3 is 39.8 Å². The summed E-state index contributed by atoms with van der Waals surface area (Å²) in [5, 5.41) is 24.0. The predicted octanol–water partition coefficient (Wildman–Crippen LogP) is 2.34. The molecule has 4 N–H and O–H groups in total. The first-order valence-electron chi connectivity index (χ1n) is 16.6. The summed E-state index contributed by atoms with van der Waals surface area (Å²) < 4.78 is 53.1. The highest BCUT2D eigenvalue weighted by Gasteiger charge is 2.57. The van der Waals surface area contributed by atoms with Crippen LogP contribution < -0.4 is 22.0 Å². The zero-order chi connectivity index (χ0) is 38.6. The molecule has 0 spiro atoms. The lowest BCUT2D eigenvalue weighted by atomic mass is 9.98. The monoisotopic (exact) mass is 738 g/mol. The summed E-state index contributed by atoms with van der Waals surface area (Å²) in [5.41, 5.74) is -5.84. The van der Waals surface area contributed by atoms with Crippen LogP contribution in [0, 0.1) is 0 Å². The molecule has 2 saturated heterocycles. The van der Waals surface area contributed by atoms with Gasteiger partial charge in [-0.2, -0.15) is 9.97 Å². The minimum absolute atomic E-state index is 0.0441. The molecule has 0 aliphatic carbocycles. The number of amides is 2. The summed E-state index contributed by atoms with van der Waals surface area (Å²) >= 11 is 0. The van der Waals surface area contributed by atoms with Gasteiger partial charge in [0.05, 0.1) is 13.2 Å². The quantitative estimate of drug-likeness (QED) is 0.145. The Hall–Kier alpha value is -4.20. The van der Waals surface area contributed by atoms with E-state index in [0.717, 1.165) is 22.5 Å². The Bertz CT molecular complexity index is 1650. The number of allylic oxidation sites excluding steroid dienone is 2. The second kappa shape index (κ2) is 19.0.